The van der Waals surface area contributed by atoms with Crippen LogP contribution in [0.1, 0.15) is 29.4 Å². The zero-order valence-electron chi connectivity index (χ0n) is 10.6. The molecule has 2 unspecified atom stereocenters. The van der Waals surface area contributed by atoms with Crippen LogP contribution in [0, 0.1) is 5.92 Å². The first-order valence-corrected chi connectivity index (χ1v) is 7.99. The van der Waals surface area contributed by atoms with Crippen LogP contribution in [-0.2, 0) is 0 Å². The van der Waals surface area contributed by atoms with Crippen LogP contribution in [0.4, 0.5) is 5.69 Å². The topological polar surface area (TPSA) is 55.1 Å². The molecular formula is C14H15BrN2OS. The number of benzene rings is 1. The number of nitrogens with one attached hydrogen (secondary N) is 1. The quantitative estimate of drug-likeness (QED) is 0.894. The van der Waals surface area contributed by atoms with E-state index < -0.39 is 0 Å². The van der Waals surface area contributed by atoms with Gasteiger partial charge >= 0.3 is 0 Å². The van der Waals surface area contributed by atoms with Gasteiger partial charge in [0.1, 0.15) is 4.88 Å². The monoisotopic (exact) mass is 338 g/mol. The summed E-state index contributed by atoms with van der Waals surface area (Å²) in [5.74, 6) is 0.615. The second-order valence-electron chi connectivity index (χ2n) is 4.97. The predicted octanol–water partition coefficient (Wildman–Crippen LogP) is 3.77. The molecule has 1 aromatic heterocycles. The molecule has 1 fully saturated rings. The third kappa shape index (κ3) is 2.37. The Morgan fingerprint density at radius 2 is 2.37 bits per heavy atom. The maximum atomic E-state index is 12.2. The first-order valence-electron chi connectivity index (χ1n) is 6.38. The van der Waals surface area contributed by atoms with E-state index in [2.05, 4.69) is 28.2 Å². The molecule has 2 atom stereocenters. The number of halogens is 1. The lowest BCUT2D eigenvalue weighted by molar-refractivity contribution is 0.0954. The normalized spacial score (nSPS) is 21.6. The van der Waals surface area contributed by atoms with Gasteiger partial charge in [-0.3, -0.25) is 4.79 Å². The number of carbonyl (C=O) groups is 1. The van der Waals surface area contributed by atoms with Gasteiger partial charge in [0.05, 0.1) is 5.69 Å². The molecule has 3 nitrogen and oxygen atoms in total. The SMILES string of the molecule is CCC1CC1NC(=O)c1sc2ccc(Br)cc2c1N. The number of thiophene rings is 1. The molecule has 19 heavy (non-hydrogen) atoms. The molecule has 0 radical (unpaired) electrons. The van der Waals surface area contributed by atoms with Crippen LogP contribution in [0.5, 0.6) is 0 Å². The molecule has 2 aromatic rings. The van der Waals surface area contributed by atoms with E-state index in [-0.39, 0.29) is 5.91 Å². The van der Waals surface area contributed by atoms with Gasteiger partial charge in [0.25, 0.3) is 5.91 Å². The molecule has 3 N–H and O–H groups in total. The molecule has 1 aliphatic rings. The fourth-order valence-corrected chi connectivity index (χ4v) is 3.73. The van der Waals surface area contributed by atoms with Gasteiger partial charge < -0.3 is 11.1 Å². The first kappa shape index (κ1) is 12.9. The van der Waals surface area contributed by atoms with Crippen molar-refractivity contribution in [2.45, 2.75) is 25.8 Å². The van der Waals surface area contributed by atoms with E-state index in [1.54, 1.807) is 0 Å². The van der Waals surface area contributed by atoms with Gasteiger partial charge in [-0.2, -0.15) is 0 Å². The lowest BCUT2D eigenvalue weighted by Crippen LogP contribution is -2.26. The minimum absolute atomic E-state index is 0.0317. The summed E-state index contributed by atoms with van der Waals surface area (Å²) in [7, 11) is 0. The largest absolute Gasteiger partial charge is 0.397 e. The Morgan fingerprint density at radius 1 is 1.58 bits per heavy atom. The highest BCUT2D eigenvalue weighted by Crippen LogP contribution is 2.37. The molecule has 1 aromatic carbocycles. The summed E-state index contributed by atoms with van der Waals surface area (Å²) in [4.78, 5) is 12.9. The number of nitrogen functional groups attached to an aromatic ring is 1. The van der Waals surface area contributed by atoms with Crippen molar-refractivity contribution in [1.29, 1.82) is 0 Å². The minimum atomic E-state index is -0.0317. The fraction of sp³-hybridized carbons (Fsp3) is 0.357. The van der Waals surface area contributed by atoms with Crippen LogP contribution in [0.15, 0.2) is 22.7 Å². The van der Waals surface area contributed by atoms with Crippen LogP contribution >= 0.6 is 27.3 Å². The molecule has 0 aliphatic heterocycles. The summed E-state index contributed by atoms with van der Waals surface area (Å²) in [5, 5.41) is 4.02. The summed E-state index contributed by atoms with van der Waals surface area (Å²) < 4.78 is 2.03. The molecule has 1 saturated carbocycles. The minimum Gasteiger partial charge on any atom is -0.397 e. The number of carbonyl (C=O) groups excluding carboxylic acids is 1. The van der Waals surface area contributed by atoms with E-state index in [1.807, 2.05) is 18.2 Å². The first-order chi connectivity index (χ1) is 9.10. The van der Waals surface area contributed by atoms with Gasteiger partial charge in [0.15, 0.2) is 0 Å². The highest BCUT2D eigenvalue weighted by molar-refractivity contribution is 9.10. The van der Waals surface area contributed by atoms with E-state index in [9.17, 15) is 4.79 Å². The molecule has 5 heteroatoms. The van der Waals surface area contributed by atoms with Crippen LogP contribution in [0.2, 0.25) is 0 Å². The van der Waals surface area contributed by atoms with Crippen LogP contribution in [0.25, 0.3) is 10.1 Å². The number of hydrogen-bond donors (Lipinski definition) is 2. The molecule has 0 bridgehead atoms. The van der Waals surface area contributed by atoms with Gasteiger partial charge in [0, 0.05) is 20.6 Å². The summed E-state index contributed by atoms with van der Waals surface area (Å²) in [6.45, 7) is 2.15. The highest BCUT2D eigenvalue weighted by atomic mass is 79.9. The van der Waals surface area contributed by atoms with Gasteiger partial charge in [-0.15, -0.1) is 11.3 Å². The molecule has 1 aliphatic carbocycles. The maximum absolute atomic E-state index is 12.2. The Hall–Kier alpha value is -1.07. The Kier molecular flexibility index (Phi) is 3.27. The van der Waals surface area contributed by atoms with Gasteiger partial charge in [-0.05, 0) is 30.5 Å². The predicted molar refractivity (Wildman–Crippen MR) is 83.6 cm³/mol. The average Bonchev–Trinajstić information content (AvgIpc) is 3.06. The number of amides is 1. The zero-order valence-corrected chi connectivity index (χ0v) is 13.0. The Labute approximate surface area is 124 Å². The van der Waals surface area contributed by atoms with Crippen molar-refractivity contribution < 1.29 is 4.79 Å². The summed E-state index contributed by atoms with van der Waals surface area (Å²) in [5.41, 5.74) is 6.69. The van der Waals surface area contributed by atoms with Crippen molar-refractivity contribution >= 4 is 48.9 Å². The van der Waals surface area contributed by atoms with Crippen LogP contribution in [-0.4, -0.2) is 11.9 Å². The Balaban J connectivity index is 1.88. The number of anilines is 1. The molecular weight excluding hydrogens is 324 g/mol. The van der Waals surface area contributed by atoms with Crippen LogP contribution in [0.3, 0.4) is 0 Å². The van der Waals surface area contributed by atoms with Crippen molar-refractivity contribution in [3.63, 3.8) is 0 Å². The Bertz CT molecular complexity index is 652. The number of hydrogen-bond acceptors (Lipinski definition) is 3. The Morgan fingerprint density at radius 3 is 3.05 bits per heavy atom. The van der Waals surface area contributed by atoms with Crippen LogP contribution < -0.4 is 11.1 Å². The smallest absolute Gasteiger partial charge is 0.263 e. The zero-order chi connectivity index (χ0) is 13.6. The summed E-state index contributed by atoms with van der Waals surface area (Å²) >= 11 is 4.89. The van der Waals surface area contributed by atoms with Crippen molar-refractivity contribution in [3.8, 4) is 0 Å². The van der Waals surface area contributed by atoms with E-state index in [0.29, 0.717) is 22.5 Å². The second-order valence-corrected chi connectivity index (χ2v) is 6.94. The number of fused-ring (bicyclic) bond motifs is 1. The van der Waals surface area contributed by atoms with Gasteiger partial charge in [0.2, 0.25) is 0 Å². The standard InChI is InChI=1S/C14H15BrN2OS/c1-2-7-5-10(7)17-14(18)13-12(16)9-6-8(15)3-4-11(9)19-13/h3-4,6-7,10H,2,5,16H2,1H3,(H,17,18). The summed E-state index contributed by atoms with van der Waals surface area (Å²) in [6, 6.07) is 6.26. The number of nitrogens with two attached hydrogens (primary N) is 1. The molecule has 1 heterocycles. The lowest BCUT2D eigenvalue weighted by Gasteiger charge is -2.02. The molecule has 3 rings (SSSR count). The van der Waals surface area contributed by atoms with Crippen molar-refractivity contribution in [2.75, 3.05) is 5.73 Å². The second kappa shape index (κ2) is 4.80. The molecule has 100 valence electrons. The number of rotatable bonds is 3. The molecule has 0 saturated heterocycles. The maximum Gasteiger partial charge on any atom is 0.263 e. The van der Waals surface area contributed by atoms with E-state index in [4.69, 9.17) is 5.73 Å². The van der Waals surface area contributed by atoms with Crippen molar-refractivity contribution in [1.82, 2.24) is 5.32 Å². The molecule has 1 amide bonds. The summed E-state index contributed by atoms with van der Waals surface area (Å²) in [6.07, 6.45) is 2.22. The average molecular weight is 339 g/mol. The molecule has 0 spiro atoms. The third-order valence-corrected chi connectivity index (χ3v) is 5.34. The van der Waals surface area contributed by atoms with Crippen molar-refractivity contribution in [3.05, 3.63) is 27.5 Å². The van der Waals surface area contributed by atoms with Gasteiger partial charge in [-0.25, -0.2) is 0 Å². The van der Waals surface area contributed by atoms with E-state index >= 15 is 0 Å². The third-order valence-electron chi connectivity index (χ3n) is 3.66. The van der Waals surface area contributed by atoms with Crippen molar-refractivity contribution in [2.24, 2.45) is 5.92 Å². The van der Waals surface area contributed by atoms with E-state index in [1.165, 1.54) is 11.3 Å². The fourth-order valence-electron chi connectivity index (χ4n) is 2.37. The highest BCUT2D eigenvalue weighted by Gasteiger charge is 2.37. The lowest BCUT2D eigenvalue weighted by atomic mass is 10.2. The van der Waals surface area contributed by atoms with Gasteiger partial charge in [-0.1, -0.05) is 29.3 Å². The van der Waals surface area contributed by atoms with E-state index in [0.717, 1.165) is 27.4 Å².